The van der Waals surface area contributed by atoms with Crippen LogP contribution in [-0.4, -0.2) is 15.9 Å². The number of thiazole rings is 1. The molecule has 2 aromatic heterocycles. The summed E-state index contributed by atoms with van der Waals surface area (Å²) in [7, 11) is 0. The molecule has 0 aliphatic rings. The van der Waals surface area contributed by atoms with Crippen LogP contribution in [0.5, 0.6) is 0 Å². The number of halogens is 1. The minimum Gasteiger partial charge on any atom is -0.301 e. The molecule has 122 valence electrons. The van der Waals surface area contributed by atoms with E-state index in [1.807, 2.05) is 43.5 Å². The van der Waals surface area contributed by atoms with E-state index in [1.54, 1.807) is 24.5 Å². The van der Waals surface area contributed by atoms with E-state index < -0.39 is 5.41 Å². The standard InChI is InChI=1S/C18H16ClN3OS/c1-18(2,13-5-7-14(19)8-6-13)16(23)22-17-21-15(11-24-17)12-4-3-9-20-10-12/h3-11H,1-2H3,(H,21,22,23). The first kappa shape index (κ1) is 16.6. The minimum absolute atomic E-state index is 0.114. The summed E-state index contributed by atoms with van der Waals surface area (Å²) < 4.78 is 0. The number of rotatable bonds is 4. The van der Waals surface area contributed by atoms with Crippen molar-refractivity contribution in [1.82, 2.24) is 9.97 Å². The summed E-state index contributed by atoms with van der Waals surface area (Å²) in [4.78, 5) is 21.2. The van der Waals surface area contributed by atoms with E-state index in [0.29, 0.717) is 10.2 Å². The molecule has 0 saturated heterocycles. The van der Waals surface area contributed by atoms with E-state index in [2.05, 4.69) is 15.3 Å². The van der Waals surface area contributed by atoms with Gasteiger partial charge in [-0.3, -0.25) is 9.78 Å². The van der Waals surface area contributed by atoms with Crippen molar-refractivity contribution < 1.29 is 4.79 Å². The van der Waals surface area contributed by atoms with Crippen molar-refractivity contribution in [3.8, 4) is 11.3 Å². The van der Waals surface area contributed by atoms with Gasteiger partial charge in [0.15, 0.2) is 5.13 Å². The lowest BCUT2D eigenvalue weighted by molar-refractivity contribution is -0.120. The lowest BCUT2D eigenvalue weighted by Gasteiger charge is -2.23. The molecule has 0 unspecified atom stereocenters. The number of benzene rings is 1. The second-order valence-electron chi connectivity index (χ2n) is 5.87. The lowest BCUT2D eigenvalue weighted by atomic mass is 9.84. The Kier molecular flexibility index (Phi) is 4.64. The van der Waals surface area contributed by atoms with Gasteiger partial charge < -0.3 is 5.32 Å². The van der Waals surface area contributed by atoms with Gasteiger partial charge in [-0.05, 0) is 43.7 Å². The van der Waals surface area contributed by atoms with Crippen molar-refractivity contribution in [1.29, 1.82) is 0 Å². The molecule has 0 saturated carbocycles. The number of hydrogen-bond donors (Lipinski definition) is 1. The number of hydrogen-bond acceptors (Lipinski definition) is 4. The van der Waals surface area contributed by atoms with Gasteiger partial charge in [0.05, 0.1) is 11.1 Å². The summed E-state index contributed by atoms with van der Waals surface area (Å²) in [6, 6.07) is 11.1. The molecule has 1 amide bonds. The first-order valence-electron chi connectivity index (χ1n) is 7.40. The van der Waals surface area contributed by atoms with E-state index in [0.717, 1.165) is 16.8 Å². The molecule has 0 radical (unpaired) electrons. The van der Waals surface area contributed by atoms with Gasteiger partial charge >= 0.3 is 0 Å². The Hall–Kier alpha value is -2.24. The van der Waals surface area contributed by atoms with Gasteiger partial charge in [-0.1, -0.05) is 23.7 Å². The number of carbonyl (C=O) groups excluding carboxylic acids is 1. The van der Waals surface area contributed by atoms with Crippen molar-refractivity contribution in [3.63, 3.8) is 0 Å². The number of nitrogens with zero attached hydrogens (tertiary/aromatic N) is 2. The van der Waals surface area contributed by atoms with Crippen LogP contribution in [0.3, 0.4) is 0 Å². The summed E-state index contributed by atoms with van der Waals surface area (Å²) >= 11 is 7.31. The van der Waals surface area contributed by atoms with Gasteiger partial charge in [-0.2, -0.15) is 0 Å². The van der Waals surface area contributed by atoms with Crippen molar-refractivity contribution in [2.24, 2.45) is 0 Å². The number of carbonyl (C=O) groups is 1. The fraction of sp³-hybridized carbons (Fsp3) is 0.167. The van der Waals surface area contributed by atoms with Crippen LogP contribution in [0.1, 0.15) is 19.4 Å². The van der Waals surface area contributed by atoms with Crippen LogP contribution in [-0.2, 0) is 10.2 Å². The normalized spacial score (nSPS) is 11.3. The second-order valence-corrected chi connectivity index (χ2v) is 7.16. The third kappa shape index (κ3) is 3.47. The molecule has 6 heteroatoms. The number of pyridine rings is 1. The lowest BCUT2D eigenvalue weighted by Crippen LogP contribution is -2.34. The molecule has 0 spiro atoms. The van der Waals surface area contributed by atoms with Gasteiger partial charge in [0.2, 0.25) is 5.91 Å². The average molecular weight is 358 g/mol. The minimum atomic E-state index is -0.690. The van der Waals surface area contributed by atoms with Gasteiger partial charge in [-0.15, -0.1) is 11.3 Å². The largest absolute Gasteiger partial charge is 0.301 e. The van der Waals surface area contributed by atoms with Crippen molar-refractivity contribution in [3.05, 3.63) is 64.8 Å². The Morgan fingerprint density at radius 3 is 2.62 bits per heavy atom. The fourth-order valence-electron chi connectivity index (χ4n) is 2.23. The summed E-state index contributed by atoms with van der Waals surface area (Å²) in [5.74, 6) is -0.114. The fourth-order valence-corrected chi connectivity index (χ4v) is 3.07. The maximum absolute atomic E-state index is 12.7. The molecule has 4 nitrogen and oxygen atoms in total. The van der Waals surface area contributed by atoms with E-state index in [9.17, 15) is 4.79 Å². The van der Waals surface area contributed by atoms with Gasteiger partial charge in [0.25, 0.3) is 0 Å². The molecule has 0 aliphatic heterocycles. The molecule has 0 bridgehead atoms. The Labute approximate surface area is 149 Å². The average Bonchev–Trinajstić information content (AvgIpc) is 3.04. The molecule has 0 atom stereocenters. The van der Waals surface area contributed by atoms with E-state index >= 15 is 0 Å². The Morgan fingerprint density at radius 2 is 1.96 bits per heavy atom. The molecule has 24 heavy (non-hydrogen) atoms. The molecule has 0 aliphatic carbocycles. The van der Waals surface area contributed by atoms with Crippen molar-refractivity contribution in [2.45, 2.75) is 19.3 Å². The van der Waals surface area contributed by atoms with E-state index in [1.165, 1.54) is 11.3 Å². The molecular formula is C18H16ClN3OS. The Balaban J connectivity index is 1.77. The molecule has 2 heterocycles. The maximum atomic E-state index is 12.7. The highest BCUT2D eigenvalue weighted by Gasteiger charge is 2.30. The molecule has 3 rings (SSSR count). The van der Waals surface area contributed by atoms with Gasteiger partial charge in [-0.25, -0.2) is 4.98 Å². The smallest absolute Gasteiger partial charge is 0.236 e. The monoisotopic (exact) mass is 357 g/mol. The third-order valence-corrected chi connectivity index (χ3v) is 4.83. The van der Waals surface area contributed by atoms with Gasteiger partial charge in [0.1, 0.15) is 0 Å². The second kappa shape index (κ2) is 6.71. The highest BCUT2D eigenvalue weighted by atomic mass is 35.5. The zero-order chi connectivity index (χ0) is 17.2. The van der Waals surface area contributed by atoms with Crippen LogP contribution in [0.15, 0.2) is 54.2 Å². The molecular weight excluding hydrogens is 342 g/mol. The van der Waals surface area contributed by atoms with Crippen LogP contribution in [0, 0.1) is 0 Å². The van der Waals surface area contributed by atoms with Gasteiger partial charge in [0, 0.05) is 28.4 Å². The quantitative estimate of drug-likeness (QED) is 0.731. The van der Waals surface area contributed by atoms with Crippen LogP contribution >= 0.6 is 22.9 Å². The van der Waals surface area contributed by atoms with Crippen molar-refractivity contribution in [2.75, 3.05) is 5.32 Å². The highest BCUT2D eigenvalue weighted by molar-refractivity contribution is 7.14. The van der Waals surface area contributed by atoms with Crippen LogP contribution in [0.2, 0.25) is 5.02 Å². The first-order valence-corrected chi connectivity index (χ1v) is 8.66. The van der Waals surface area contributed by atoms with Crippen LogP contribution in [0.25, 0.3) is 11.3 Å². The predicted octanol–water partition coefficient (Wildman–Crippen LogP) is 4.77. The summed E-state index contributed by atoms with van der Waals surface area (Å²) in [5, 5.41) is 6.02. The number of anilines is 1. The topological polar surface area (TPSA) is 54.9 Å². The van der Waals surface area contributed by atoms with Crippen LogP contribution in [0.4, 0.5) is 5.13 Å². The zero-order valence-corrected chi connectivity index (χ0v) is 14.9. The summed E-state index contributed by atoms with van der Waals surface area (Å²) in [6.07, 6.45) is 3.46. The van der Waals surface area contributed by atoms with Crippen molar-refractivity contribution >= 4 is 34.0 Å². The molecule has 1 N–H and O–H groups in total. The van der Waals surface area contributed by atoms with E-state index in [-0.39, 0.29) is 5.91 Å². The highest BCUT2D eigenvalue weighted by Crippen LogP contribution is 2.29. The van der Waals surface area contributed by atoms with Crippen LogP contribution < -0.4 is 5.32 Å². The zero-order valence-electron chi connectivity index (χ0n) is 13.3. The third-order valence-electron chi connectivity index (χ3n) is 3.82. The first-order chi connectivity index (χ1) is 11.5. The summed E-state index contributed by atoms with van der Waals surface area (Å²) in [6.45, 7) is 3.75. The number of aromatic nitrogens is 2. The molecule has 0 fully saturated rings. The Bertz CT molecular complexity index is 844. The predicted molar refractivity (Wildman–Crippen MR) is 98.5 cm³/mol. The number of amides is 1. The Morgan fingerprint density at radius 1 is 1.21 bits per heavy atom. The number of nitrogens with one attached hydrogen (secondary N) is 1. The maximum Gasteiger partial charge on any atom is 0.236 e. The molecule has 3 aromatic rings. The van der Waals surface area contributed by atoms with E-state index in [4.69, 9.17) is 11.6 Å². The SMILES string of the molecule is CC(C)(C(=O)Nc1nc(-c2cccnc2)cs1)c1ccc(Cl)cc1. The summed E-state index contributed by atoms with van der Waals surface area (Å²) in [5.41, 5.74) is 1.93. The molecule has 1 aromatic carbocycles.